The summed E-state index contributed by atoms with van der Waals surface area (Å²) >= 11 is 0. The van der Waals surface area contributed by atoms with Gasteiger partial charge in [-0.25, -0.2) is 4.39 Å². The SMILES string of the molecule is Cl.Fc1cccc(OC2CCNCC2)c1. The Morgan fingerprint density at radius 1 is 1.27 bits per heavy atom. The number of hydrogen-bond donors (Lipinski definition) is 1. The molecule has 0 aliphatic carbocycles. The van der Waals surface area contributed by atoms with Gasteiger partial charge in [-0.1, -0.05) is 6.07 Å². The molecular weight excluding hydrogens is 217 g/mol. The van der Waals surface area contributed by atoms with Crippen LogP contribution in [0.5, 0.6) is 5.75 Å². The maximum atomic E-state index is 12.8. The fraction of sp³-hybridized carbons (Fsp3) is 0.455. The molecular formula is C11H15ClFNO. The van der Waals surface area contributed by atoms with Crippen LogP contribution in [-0.4, -0.2) is 19.2 Å². The predicted molar refractivity (Wildman–Crippen MR) is 60.2 cm³/mol. The van der Waals surface area contributed by atoms with Crippen molar-refractivity contribution in [2.45, 2.75) is 18.9 Å². The van der Waals surface area contributed by atoms with Gasteiger partial charge in [-0.15, -0.1) is 12.4 Å². The van der Waals surface area contributed by atoms with Gasteiger partial charge >= 0.3 is 0 Å². The summed E-state index contributed by atoms with van der Waals surface area (Å²) in [4.78, 5) is 0. The van der Waals surface area contributed by atoms with E-state index in [1.54, 1.807) is 12.1 Å². The number of benzene rings is 1. The van der Waals surface area contributed by atoms with Gasteiger partial charge in [-0.3, -0.25) is 0 Å². The van der Waals surface area contributed by atoms with Crippen LogP contribution in [0.4, 0.5) is 4.39 Å². The number of halogens is 2. The van der Waals surface area contributed by atoms with Crippen molar-refractivity contribution in [2.75, 3.05) is 13.1 Å². The Morgan fingerprint density at radius 3 is 2.67 bits per heavy atom. The maximum Gasteiger partial charge on any atom is 0.126 e. The van der Waals surface area contributed by atoms with Crippen LogP contribution < -0.4 is 10.1 Å². The fourth-order valence-electron chi connectivity index (χ4n) is 1.65. The van der Waals surface area contributed by atoms with E-state index in [0.29, 0.717) is 5.75 Å². The van der Waals surface area contributed by atoms with Crippen LogP contribution in [0.2, 0.25) is 0 Å². The van der Waals surface area contributed by atoms with Crippen molar-refractivity contribution < 1.29 is 9.13 Å². The van der Waals surface area contributed by atoms with E-state index in [9.17, 15) is 4.39 Å². The number of rotatable bonds is 2. The van der Waals surface area contributed by atoms with E-state index in [4.69, 9.17) is 4.74 Å². The molecule has 1 heterocycles. The van der Waals surface area contributed by atoms with Gasteiger partial charge in [0.05, 0.1) is 0 Å². The highest BCUT2D eigenvalue weighted by Gasteiger charge is 2.14. The van der Waals surface area contributed by atoms with E-state index in [0.717, 1.165) is 25.9 Å². The van der Waals surface area contributed by atoms with Crippen molar-refractivity contribution >= 4 is 12.4 Å². The molecule has 0 saturated carbocycles. The van der Waals surface area contributed by atoms with E-state index in [1.165, 1.54) is 12.1 Å². The Labute approximate surface area is 95.2 Å². The Morgan fingerprint density at radius 2 is 2.00 bits per heavy atom. The van der Waals surface area contributed by atoms with Crippen molar-refractivity contribution in [1.82, 2.24) is 5.32 Å². The summed E-state index contributed by atoms with van der Waals surface area (Å²) < 4.78 is 18.5. The average molecular weight is 232 g/mol. The van der Waals surface area contributed by atoms with Gasteiger partial charge in [-0.2, -0.15) is 0 Å². The number of hydrogen-bond acceptors (Lipinski definition) is 2. The van der Waals surface area contributed by atoms with Crippen molar-refractivity contribution in [1.29, 1.82) is 0 Å². The second-order valence-corrected chi connectivity index (χ2v) is 3.52. The molecule has 1 aliphatic heterocycles. The first-order valence-corrected chi connectivity index (χ1v) is 4.97. The van der Waals surface area contributed by atoms with Crippen LogP contribution in [0.3, 0.4) is 0 Å². The van der Waals surface area contributed by atoms with Crippen LogP contribution in [0.15, 0.2) is 24.3 Å². The van der Waals surface area contributed by atoms with Crippen LogP contribution in [0, 0.1) is 5.82 Å². The number of piperidine rings is 1. The molecule has 1 fully saturated rings. The molecule has 2 nitrogen and oxygen atoms in total. The molecule has 0 radical (unpaired) electrons. The molecule has 0 amide bonds. The second kappa shape index (κ2) is 5.93. The zero-order chi connectivity index (χ0) is 9.80. The largest absolute Gasteiger partial charge is 0.490 e. The normalized spacial score (nSPS) is 16.9. The van der Waals surface area contributed by atoms with Gasteiger partial charge < -0.3 is 10.1 Å². The second-order valence-electron chi connectivity index (χ2n) is 3.52. The first kappa shape index (κ1) is 12.3. The van der Waals surface area contributed by atoms with E-state index >= 15 is 0 Å². The summed E-state index contributed by atoms with van der Waals surface area (Å²) in [5.74, 6) is 0.397. The molecule has 4 heteroatoms. The molecule has 0 atom stereocenters. The molecule has 84 valence electrons. The Hall–Kier alpha value is -0.800. The molecule has 1 aromatic rings. The third kappa shape index (κ3) is 3.68. The number of ether oxygens (including phenoxy) is 1. The van der Waals surface area contributed by atoms with Gasteiger partial charge in [-0.05, 0) is 38.1 Å². The smallest absolute Gasteiger partial charge is 0.126 e. The first-order valence-electron chi connectivity index (χ1n) is 4.97. The molecule has 0 bridgehead atoms. The van der Waals surface area contributed by atoms with Gasteiger partial charge in [0.25, 0.3) is 0 Å². The van der Waals surface area contributed by atoms with Crippen LogP contribution in [-0.2, 0) is 0 Å². The Bertz CT molecular complexity index is 302. The molecule has 1 saturated heterocycles. The minimum Gasteiger partial charge on any atom is -0.490 e. The van der Waals surface area contributed by atoms with Crippen molar-refractivity contribution in [3.05, 3.63) is 30.1 Å². The summed E-state index contributed by atoms with van der Waals surface area (Å²) in [5, 5.41) is 3.26. The van der Waals surface area contributed by atoms with Crippen molar-refractivity contribution in [2.24, 2.45) is 0 Å². The lowest BCUT2D eigenvalue weighted by Gasteiger charge is -2.23. The quantitative estimate of drug-likeness (QED) is 0.844. The standard InChI is InChI=1S/C11H14FNO.ClH/c12-9-2-1-3-11(8-9)14-10-4-6-13-7-5-10;/h1-3,8,10,13H,4-7H2;1H. The van der Waals surface area contributed by atoms with E-state index < -0.39 is 0 Å². The highest BCUT2D eigenvalue weighted by atomic mass is 35.5. The molecule has 0 spiro atoms. The van der Waals surface area contributed by atoms with E-state index in [1.807, 2.05) is 0 Å². The molecule has 2 rings (SSSR count). The van der Waals surface area contributed by atoms with Gasteiger partial charge in [0.2, 0.25) is 0 Å². The van der Waals surface area contributed by atoms with Crippen LogP contribution in [0.1, 0.15) is 12.8 Å². The molecule has 1 aromatic carbocycles. The van der Waals surface area contributed by atoms with Gasteiger partial charge in [0, 0.05) is 6.07 Å². The lowest BCUT2D eigenvalue weighted by Crippen LogP contribution is -2.34. The van der Waals surface area contributed by atoms with E-state index in [2.05, 4.69) is 5.32 Å². The minimum atomic E-state index is -0.239. The van der Waals surface area contributed by atoms with Crippen LogP contribution in [0.25, 0.3) is 0 Å². The summed E-state index contributed by atoms with van der Waals surface area (Å²) in [5.41, 5.74) is 0. The monoisotopic (exact) mass is 231 g/mol. The third-order valence-corrected chi connectivity index (χ3v) is 2.39. The highest BCUT2D eigenvalue weighted by molar-refractivity contribution is 5.85. The van der Waals surface area contributed by atoms with Gasteiger partial charge in [0.15, 0.2) is 0 Å². The molecule has 1 aliphatic rings. The molecule has 1 N–H and O–H groups in total. The fourth-order valence-corrected chi connectivity index (χ4v) is 1.65. The average Bonchev–Trinajstić information content (AvgIpc) is 2.19. The van der Waals surface area contributed by atoms with Crippen molar-refractivity contribution in [3.63, 3.8) is 0 Å². The summed E-state index contributed by atoms with van der Waals surface area (Å²) in [7, 11) is 0. The zero-order valence-corrected chi connectivity index (χ0v) is 9.23. The summed E-state index contributed by atoms with van der Waals surface area (Å²) in [6.45, 7) is 1.97. The lowest BCUT2D eigenvalue weighted by atomic mass is 10.1. The third-order valence-electron chi connectivity index (χ3n) is 2.39. The van der Waals surface area contributed by atoms with E-state index in [-0.39, 0.29) is 24.3 Å². The lowest BCUT2D eigenvalue weighted by molar-refractivity contribution is 0.162. The van der Waals surface area contributed by atoms with Crippen LogP contribution >= 0.6 is 12.4 Å². The maximum absolute atomic E-state index is 12.8. The van der Waals surface area contributed by atoms with Crippen molar-refractivity contribution in [3.8, 4) is 5.75 Å². The Balaban J connectivity index is 0.00000112. The topological polar surface area (TPSA) is 21.3 Å². The zero-order valence-electron chi connectivity index (χ0n) is 8.41. The summed E-state index contributed by atoms with van der Waals surface area (Å²) in [6.07, 6.45) is 2.23. The molecule has 0 aromatic heterocycles. The minimum absolute atomic E-state index is 0. The first-order chi connectivity index (χ1) is 6.84. The Kier molecular flexibility index (Phi) is 4.85. The summed E-state index contributed by atoms with van der Waals surface area (Å²) in [6, 6.07) is 6.33. The number of nitrogens with one attached hydrogen (secondary N) is 1. The van der Waals surface area contributed by atoms with Gasteiger partial charge in [0.1, 0.15) is 17.7 Å². The molecule has 15 heavy (non-hydrogen) atoms. The predicted octanol–water partition coefficient (Wildman–Crippen LogP) is 2.38. The molecule has 0 unspecified atom stereocenters. The highest BCUT2D eigenvalue weighted by Crippen LogP contribution is 2.17.